The Morgan fingerprint density at radius 3 is 1.74 bits per heavy atom. The Balaban J connectivity index is 0.000000727. The topological polar surface area (TPSA) is 81.0 Å². The molecule has 9 heteroatoms. The molecule has 266 valence electrons. The number of pyridine rings is 2. The minimum atomic E-state index is -5.19. The van der Waals surface area contributed by atoms with Gasteiger partial charge in [-0.25, -0.2) is 0 Å². The molecule has 0 amide bonds. The number of rotatable bonds is 17. The maximum atomic E-state index is 10.5. The van der Waals surface area contributed by atoms with E-state index in [0.29, 0.717) is 0 Å². The highest BCUT2D eigenvalue weighted by atomic mass is 19.4. The number of carbonyl (C=O) groups is 1. The minimum Gasteiger partial charge on any atom is -0.542 e. The summed E-state index contributed by atoms with van der Waals surface area (Å²) in [5.74, 6) is -3.01. The van der Waals surface area contributed by atoms with Gasteiger partial charge >= 0.3 is 6.18 Å². The van der Waals surface area contributed by atoms with Crippen molar-refractivity contribution in [1.82, 2.24) is 4.98 Å². The Morgan fingerprint density at radius 1 is 0.680 bits per heavy atom. The van der Waals surface area contributed by atoms with E-state index in [4.69, 9.17) is 9.90 Å². The maximum Gasteiger partial charge on any atom is 0.430 e. The molecular weight excluding hydrogens is 637 g/mol. The summed E-state index contributed by atoms with van der Waals surface area (Å²) in [6.45, 7) is 7.27. The van der Waals surface area contributed by atoms with Crippen LogP contribution in [0.4, 0.5) is 24.5 Å². The first kappa shape index (κ1) is 38.1. The molecule has 2 N–H and O–H groups in total. The second kappa shape index (κ2) is 19.5. The molecular formula is C41H49F3N4O2. The predicted molar refractivity (Wildman–Crippen MR) is 195 cm³/mol. The number of carboxylic acid groups (broad SMARTS) is 1. The van der Waals surface area contributed by atoms with Gasteiger partial charge in [0.05, 0.1) is 16.6 Å². The van der Waals surface area contributed by atoms with Crippen LogP contribution in [0, 0.1) is 13.8 Å². The number of aryl methyl sites for hydroxylation is 2. The van der Waals surface area contributed by atoms with Crippen LogP contribution in [0.3, 0.4) is 0 Å². The summed E-state index contributed by atoms with van der Waals surface area (Å²) in [6.07, 6.45) is 8.04. The lowest BCUT2D eigenvalue weighted by atomic mass is 10.1. The van der Waals surface area contributed by atoms with Gasteiger partial charge in [-0.2, -0.15) is 17.7 Å². The first-order valence-electron chi connectivity index (χ1n) is 17.7. The molecule has 0 saturated heterocycles. The zero-order valence-electron chi connectivity index (χ0n) is 29.2. The van der Waals surface area contributed by atoms with E-state index in [0.717, 1.165) is 30.8 Å². The van der Waals surface area contributed by atoms with Crippen molar-refractivity contribution in [2.24, 2.45) is 0 Å². The van der Waals surface area contributed by atoms with E-state index in [1.807, 2.05) is 0 Å². The van der Waals surface area contributed by atoms with Gasteiger partial charge in [-0.05, 0) is 38.0 Å². The van der Waals surface area contributed by atoms with Crippen LogP contribution in [-0.4, -0.2) is 30.2 Å². The van der Waals surface area contributed by atoms with Gasteiger partial charge in [0.15, 0.2) is 12.2 Å². The molecule has 2 aromatic heterocycles. The SMILES string of the molecule is Cc1cc(NCCCCCCCCCCCCNc2cc(C)[n+](Cc3ccccc3)c3ccccc23)c2ccccc2n1.O=C([O-])C(F)(F)F. The molecule has 0 radical (unpaired) electrons. The van der Waals surface area contributed by atoms with Crippen LogP contribution < -0.4 is 20.3 Å². The van der Waals surface area contributed by atoms with Crippen molar-refractivity contribution in [2.75, 3.05) is 23.7 Å². The molecule has 6 nitrogen and oxygen atoms in total. The second-order valence-corrected chi connectivity index (χ2v) is 12.8. The summed E-state index contributed by atoms with van der Waals surface area (Å²) in [5, 5.41) is 18.7. The molecule has 0 spiro atoms. The van der Waals surface area contributed by atoms with Gasteiger partial charge in [0.2, 0.25) is 5.52 Å². The molecule has 2 heterocycles. The van der Waals surface area contributed by atoms with Crippen LogP contribution in [0.2, 0.25) is 0 Å². The van der Waals surface area contributed by atoms with E-state index in [1.165, 1.54) is 103 Å². The molecule has 0 saturated carbocycles. The summed E-state index contributed by atoms with van der Waals surface area (Å²) in [7, 11) is 0. The quantitative estimate of drug-likeness (QED) is 0.0754. The summed E-state index contributed by atoms with van der Waals surface area (Å²) in [5.41, 5.74) is 8.55. The van der Waals surface area contributed by atoms with E-state index in [-0.39, 0.29) is 0 Å². The summed E-state index contributed by atoms with van der Waals surface area (Å²) in [4.78, 5) is 13.4. The molecule has 5 rings (SSSR count). The fourth-order valence-corrected chi connectivity index (χ4v) is 6.18. The highest BCUT2D eigenvalue weighted by Gasteiger charge is 2.28. The third-order valence-electron chi connectivity index (χ3n) is 8.76. The number of aromatic nitrogens is 2. The molecule has 5 aromatic rings. The van der Waals surface area contributed by atoms with Gasteiger partial charge in [-0.15, -0.1) is 0 Å². The van der Waals surface area contributed by atoms with E-state index < -0.39 is 12.1 Å². The zero-order valence-corrected chi connectivity index (χ0v) is 29.2. The molecule has 0 aliphatic carbocycles. The first-order valence-corrected chi connectivity index (χ1v) is 17.7. The second-order valence-electron chi connectivity index (χ2n) is 12.8. The molecule has 0 fully saturated rings. The standard InChI is InChI=1S/C39H48N4.C2HF3O2/c1-31-28-37(34-22-14-16-24-36(34)42-31)40-26-18-9-7-5-3-4-6-8-10-19-27-41-38-29-32(2)43(30-33-20-12-11-13-21-33)39-25-17-15-23-35(38)39;3-2(4,5)1(6)7/h11-17,20-25,28-29H,3-10,18-19,26-27,30H2,1-2H3,(H,40,42);(H,6,7). The number of nitrogens with zero attached hydrogens (tertiary/aromatic N) is 2. The number of hydrogen-bond donors (Lipinski definition) is 2. The number of para-hydroxylation sites is 2. The van der Waals surface area contributed by atoms with E-state index in [2.05, 4.69) is 125 Å². The number of alkyl halides is 3. The van der Waals surface area contributed by atoms with Crippen LogP contribution >= 0.6 is 0 Å². The Bertz CT molecular complexity index is 1790. The first-order chi connectivity index (χ1) is 24.1. The number of aliphatic carboxylic acids is 1. The van der Waals surface area contributed by atoms with E-state index in [1.54, 1.807) is 0 Å². The predicted octanol–water partition coefficient (Wildman–Crippen LogP) is 9.06. The molecule has 0 unspecified atom stereocenters. The van der Waals surface area contributed by atoms with Crippen LogP contribution in [0.1, 0.15) is 81.2 Å². The van der Waals surface area contributed by atoms with Crippen molar-refractivity contribution in [2.45, 2.75) is 90.8 Å². The fraction of sp³-hybridized carbons (Fsp3) is 0.390. The molecule has 0 atom stereocenters. The Labute approximate surface area is 293 Å². The van der Waals surface area contributed by atoms with Crippen molar-refractivity contribution < 1.29 is 27.6 Å². The fourth-order valence-electron chi connectivity index (χ4n) is 6.18. The number of unbranched alkanes of at least 4 members (excludes halogenated alkanes) is 9. The van der Waals surface area contributed by atoms with E-state index >= 15 is 0 Å². The van der Waals surface area contributed by atoms with Crippen LogP contribution in [0.15, 0.2) is 91.0 Å². The van der Waals surface area contributed by atoms with Crippen molar-refractivity contribution in [3.05, 3.63) is 108 Å². The van der Waals surface area contributed by atoms with Crippen LogP contribution in [0.25, 0.3) is 21.8 Å². The number of carboxylic acids is 1. The largest absolute Gasteiger partial charge is 0.542 e. The van der Waals surface area contributed by atoms with Crippen LogP contribution in [-0.2, 0) is 11.3 Å². The van der Waals surface area contributed by atoms with Gasteiger partial charge in [-0.3, -0.25) is 4.98 Å². The number of halogens is 3. The van der Waals surface area contributed by atoms with Gasteiger partial charge in [0.25, 0.3) is 0 Å². The van der Waals surface area contributed by atoms with Crippen LogP contribution in [0.5, 0.6) is 0 Å². The number of carbonyl (C=O) groups excluding carboxylic acids is 1. The van der Waals surface area contributed by atoms with Gasteiger partial charge in [0, 0.05) is 54.5 Å². The number of fused-ring (bicyclic) bond motifs is 2. The third kappa shape index (κ3) is 12.0. The number of benzene rings is 3. The highest BCUT2D eigenvalue weighted by Crippen LogP contribution is 2.24. The monoisotopic (exact) mass is 686 g/mol. The maximum absolute atomic E-state index is 10.5. The number of nitrogens with one attached hydrogen (secondary N) is 2. The molecule has 0 aliphatic heterocycles. The molecule has 0 aliphatic rings. The van der Waals surface area contributed by atoms with Crippen molar-refractivity contribution in [3.63, 3.8) is 0 Å². The summed E-state index contributed by atoms with van der Waals surface area (Å²) in [6, 6.07) is 32.4. The van der Waals surface area contributed by atoms with Crippen molar-refractivity contribution >= 4 is 39.1 Å². The average Bonchev–Trinajstić information content (AvgIpc) is 3.10. The average molecular weight is 687 g/mol. The van der Waals surface area contributed by atoms with Gasteiger partial charge in [0.1, 0.15) is 5.97 Å². The summed E-state index contributed by atoms with van der Waals surface area (Å²) >= 11 is 0. The van der Waals surface area contributed by atoms with E-state index in [9.17, 15) is 13.2 Å². The highest BCUT2D eigenvalue weighted by molar-refractivity contribution is 5.91. The Kier molecular flexibility index (Phi) is 14.9. The smallest absolute Gasteiger partial charge is 0.430 e. The van der Waals surface area contributed by atoms with Crippen molar-refractivity contribution in [1.29, 1.82) is 0 Å². The number of hydrogen-bond acceptors (Lipinski definition) is 5. The normalized spacial score (nSPS) is 11.3. The molecule has 3 aromatic carbocycles. The molecule has 0 bridgehead atoms. The lowest BCUT2D eigenvalue weighted by Gasteiger charge is -2.12. The van der Waals surface area contributed by atoms with Crippen molar-refractivity contribution in [3.8, 4) is 0 Å². The lowest BCUT2D eigenvalue weighted by Crippen LogP contribution is -2.38. The number of anilines is 2. The zero-order chi connectivity index (χ0) is 35.8. The van der Waals surface area contributed by atoms with Gasteiger partial charge < -0.3 is 20.5 Å². The Morgan fingerprint density at radius 2 is 1.16 bits per heavy atom. The Hall–Kier alpha value is -4.66. The summed E-state index contributed by atoms with van der Waals surface area (Å²) < 4.78 is 34.0. The molecule has 50 heavy (non-hydrogen) atoms. The minimum absolute atomic E-state index is 0.897. The lowest BCUT2D eigenvalue weighted by molar-refractivity contribution is -0.668. The van der Waals surface area contributed by atoms with Gasteiger partial charge in [-0.1, -0.05) is 112 Å². The third-order valence-corrected chi connectivity index (χ3v) is 8.76.